The van der Waals surface area contributed by atoms with E-state index in [0.717, 1.165) is 11.1 Å². The minimum Gasteiger partial charge on any atom is -0.450 e. The molecule has 0 atom stereocenters. The van der Waals surface area contributed by atoms with E-state index in [4.69, 9.17) is 9.84 Å². The third kappa shape index (κ3) is 2.78. The van der Waals surface area contributed by atoms with E-state index in [1.54, 1.807) is 37.3 Å². The lowest BCUT2D eigenvalue weighted by atomic mass is 10.1. The van der Waals surface area contributed by atoms with Crippen molar-refractivity contribution in [2.75, 3.05) is 0 Å². The SMILES string of the molecule is Cc1cc(Oc2c(C)cccc2[N+](=O)[O-])ccc1CO. The standard InChI is InChI=1S/C15H15NO4/c1-10-4-3-5-14(16(18)19)15(10)20-13-7-6-12(9-17)11(2)8-13/h3-8,17H,9H2,1-2H3. The third-order valence-corrected chi connectivity index (χ3v) is 3.09. The van der Waals surface area contributed by atoms with Gasteiger partial charge < -0.3 is 9.84 Å². The summed E-state index contributed by atoms with van der Waals surface area (Å²) in [6, 6.07) is 9.99. The van der Waals surface area contributed by atoms with Crippen molar-refractivity contribution in [3.63, 3.8) is 0 Å². The van der Waals surface area contributed by atoms with Crippen molar-refractivity contribution in [3.05, 3.63) is 63.2 Å². The Morgan fingerprint density at radius 3 is 2.55 bits per heavy atom. The molecular weight excluding hydrogens is 258 g/mol. The summed E-state index contributed by atoms with van der Waals surface area (Å²) in [5, 5.41) is 20.2. The Labute approximate surface area is 116 Å². The van der Waals surface area contributed by atoms with Gasteiger partial charge in [0.05, 0.1) is 11.5 Å². The largest absolute Gasteiger partial charge is 0.450 e. The Hall–Kier alpha value is -2.40. The van der Waals surface area contributed by atoms with Crippen LogP contribution in [0.4, 0.5) is 5.69 Å². The van der Waals surface area contributed by atoms with Gasteiger partial charge >= 0.3 is 5.69 Å². The maximum Gasteiger partial charge on any atom is 0.311 e. The molecule has 0 aliphatic heterocycles. The fourth-order valence-corrected chi connectivity index (χ4v) is 1.94. The van der Waals surface area contributed by atoms with Gasteiger partial charge in [-0.2, -0.15) is 0 Å². The van der Waals surface area contributed by atoms with Crippen molar-refractivity contribution in [1.29, 1.82) is 0 Å². The molecule has 20 heavy (non-hydrogen) atoms. The first-order chi connectivity index (χ1) is 9.52. The number of nitro groups is 1. The van der Waals surface area contributed by atoms with Gasteiger partial charge in [0.2, 0.25) is 5.75 Å². The maximum absolute atomic E-state index is 11.0. The van der Waals surface area contributed by atoms with Crippen LogP contribution in [0.15, 0.2) is 36.4 Å². The number of aliphatic hydroxyl groups excluding tert-OH is 1. The van der Waals surface area contributed by atoms with Crippen LogP contribution in [0.25, 0.3) is 0 Å². The number of hydrogen-bond acceptors (Lipinski definition) is 4. The van der Waals surface area contributed by atoms with E-state index >= 15 is 0 Å². The van der Waals surface area contributed by atoms with Crippen LogP contribution in [0.1, 0.15) is 16.7 Å². The van der Waals surface area contributed by atoms with Crippen molar-refractivity contribution in [1.82, 2.24) is 0 Å². The summed E-state index contributed by atoms with van der Waals surface area (Å²) < 4.78 is 5.66. The normalized spacial score (nSPS) is 10.3. The number of aryl methyl sites for hydroxylation is 2. The van der Waals surface area contributed by atoms with Crippen molar-refractivity contribution < 1.29 is 14.8 Å². The zero-order chi connectivity index (χ0) is 14.7. The van der Waals surface area contributed by atoms with Gasteiger partial charge in [-0.15, -0.1) is 0 Å². The van der Waals surface area contributed by atoms with Gasteiger partial charge in [0.25, 0.3) is 0 Å². The second kappa shape index (κ2) is 5.71. The molecule has 0 aromatic heterocycles. The zero-order valence-electron chi connectivity index (χ0n) is 11.3. The minimum atomic E-state index is -0.461. The van der Waals surface area contributed by atoms with Gasteiger partial charge in [-0.05, 0) is 42.7 Å². The molecule has 0 aliphatic rings. The second-order valence-corrected chi connectivity index (χ2v) is 4.53. The number of aliphatic hydroxyl groups is 1. The lowest BCUT2D eigenvalue weighted by molar-refractivity contribution is -0.385. The van der Waals surface area contributed by atoms with Gasteiger partial charge in [-0.1, -0.05) is 18.2 Å². The van der Waals surface area contributed by atoms with Crippen LogP contribution < -0.4 is 4.74 Å². The van der Waals surface area contributed by atoms with E-state index in [9.17, 15) is 10.1 Å². The molecule has 0 amide bonds. The van der Waals surface area contributed by atoms with Crippen LogP contribution in [-0.2, 0) is 6.61 Å². The molecule has 0 bridgehead atoms. The van der Waals surface area contributed by atoms with E-state index < -0.39 is 4.92 Å². The Bertz CT molecular complexity index is 652. The second-order valence-electron chi connectivity index (χ2n) is 4.53. The summed E-state index contributed by atoms with van der Waals surface area (Å²) in [4.78, 5) is 10.6. The predicted octanol–water partition coefficient (Wildman–Crippen LogP) is 3.50. The highest BCUT2D eigenvalue weighted by Gasteiger charge is 2.17. The Balaban J connectivity index is 2.39. The van der Waals surface area contributed by atoms with Crippen LogP contribution in [0.5, 0.6) is 11.5 Å². The highest BCUT2D eigenvalue weighted by molar-refractivity contribution is 5.53. The molecule has 0 radical (unpaired) electrons. The molecule has 0 heterocycles. The molecule has 104 valence electrons. The van der Waals surface area contributed by atoms with Gasteiger partial charge in [0.1, 0.15) is 5.75 Å². The van der Waals surface area contributed by atoms with Crippen LogP contribution in [-0.4, -0.2) is 10.0 Å². The van der Waals surface area contributed by atoms with Gasteiger partial charge in [-0.25, -0.2) is 0 Å². The average Bonchev–Trinajstić information content (AvgIpc) is 2.41. The monoisotopic (exact) mass is 273 g/mol. The highest BCUT2D eigenvalue weighted by atomic mass is 16.6. The lowest BCUT2D eigenvalue weighted by Crippen LogP contribution is -1.96. The number of para-hydroxylation sites is 1. The van der Waals surface area contributed by atoms with Crippen LogP contribution in [0.2, 0.25) is 0 Å². The molecule has 1 N–H and O–H groups in total. The third-order valence-electron chi connectivity index (χ3n) is 3.09. The zero-order valence-corrected chi connectivity index (χ0v) is 11.3. The van der Waals surface area contributed by atoms with E-state index in [-0.39, 0.29) is 18.0 Å². The van der Waals surface area contributed by atoms with Crippen molar-refractivity contribution in [2.24, 2.45) is 0 Å². The summed E-state index contributed by atoms with van der Waals surface area (Å²) in [6.07, 6.45) is 0. The average molecular weight is 273 g/mol. The van der Waals surface area contributed by atoms with Crippen LogP contribution in [0, 0.1) is 24.0 Å². The Kier molecular flexibility index (Phi) is 4.00. The molecule has 0 saturated carbocycles. The summed E-state index contributed by atoms with van der Waals surface area (Å²) in [6.45, 7) is 3.57. The van der Waals surface area contributed by atoms with Crippen molar-refractivity contribution in [3.8, 4) is 11.5 Å². The molecule has 0 saturated heterocycles. The number of rotatable bonds is 4. The smallest absolute Gasteiger partial charge is 0.311 e. The fourth-order valence-electron chi connectivity index (χ4n) is 1.94. The molecule has 0 spiro atoms. The highest BCUT2D eigenvalue weighted by Crippen LogP contribution is 2.34. The first-order valence-corrected chi connectivity index (χ1v) is 6.15. The van der Waals surface area contributed by atoms with Gasteiger partial charge in [-0.3, -0.25) is 10.1 Å². The van der Waals surface area contributed by atoms with Crippen LogP contribution >= 0.6 is 0 Å². The molecule has 2 rings (SSSR count). The molecule has 2 aromatic rings. The van der Waals surface area contributed by atoms with Crippen LogP contribution in [0.3, 0.4) is 0 Å². The summed E-state index contributed by atoms with van der Waals surface area (Å²) in [5.74, 6) is 0.755. The lowest BCUT2D eigenvalue weighted by Gasteiger charge is -2.11. The molecule has 2 aromatic carbocycles. The van der Waals surface area contributed by atoms with E-state index in [1.165, 1.54) is 6.07 Å². The van der Waals surface area contributed by atoms with E-state index in [0.29, 0.717) is 11.3 Å². The molecule has 0 aliphatic carbocycles. The fraction of sp³-hybridized carbons (Fsp3) is 0.200. The predicted molar refractivity (Wildman–Crippen MR) is 75.0 cm³/mol. The topological polar surface area (TPSA) is 72.6 Å². The Morgan fingerprint density at radius 2 is 1.95 bits per heavy atom. The van der Waals surface area contributed by atoms with Crippen molar-refractivity contribution in [2.45, 2.75) is 20.5 Å². The number of ether oxygens (including phenoxy) is 1. The van der Waals surface area contributed by atoms with Gasteiger partial charge in [0, 0.05) is 6.07 Å². The molecule has 5 nitrogen and oxygen atoms in total. The minimum absolute atomic E-state index is 0.0450. The maximum atomic E-state index is 11.0. The van der Waals surface area contributed by atoms with E-state index in [2.05, 4.69) is 0 Å². The summed E-state index contributed by atoms with van der Waals surface area (Å²) in [5.41, 5.74) is 2.31. The molecule has 0 fully saturated rings. The first kappa shape index (κ1) is 14.0. The van der Waals surface area contributed by atoms with Gasteiger partial charge in [0.15, 0.2) is 0 Å². The number of benzene rings is 2. The molecule has 0 unspecified atom stereocenters. The molecule has 5 heteroatoms. The summed E-state index contributed by atoms with van der Waals surface area (Å²) in [7, 11) is 0. The molecular formula is C15H15NO4. The number of nitro benzene ring substituents is 1. The van der Waals surface area contributed by atoms with Crippen molar-refractivity contribution >= 4 is 5.69 Å². The van der Waals surface area contributed by atoms with E-state index in [1.807, 2.05) is 6.92 Å². The first-order valence-electron chi connectivity index (χ1n) is 6.15. The summed E-state index contributed by atoms with van der Waals surface area (Å²) >= 11 is 0. The number of hydrogen-bond donors (Lipinski definition) is 1. The number of nitrogens with zero attached hydrogens (tertiary/aromatic N) is 1. The Morgan fingerprint density at radius 1 is 1.20 bits per heavy atom. The quantitative estimate of drug-likeness (QED) is 0.683.